The highest BCUT2D eigenvalue weighted by Gasteiger charge is 2.38. The Kier molecular flexibility index (Phi) is 7.90. The number of nitrogens with zero attached hydrogens (tertiary/aromatic N) is 3. The van der Waals surface area contributed by atoms with Crippen molar-refractivity contribution in [2.45, 2.75) is 49.6 Å². The molecule has 0 unspecified atom stereocenters. The second-order valence-electron chi connectivity index (χ2n) is 6.54. The van der Waals surface area contributed by atoms with Gasteiger partial charge in [-0.15, -0.1) is 35.3 Å². The first kappa shape index (κ1) is 22.1. The fourth-order valence-corrected chi connectivity index (χ4v) is 5.84. The van der Waals surface area contributed by atoms with Crippen molar-refractivity contribution in [3.63, 3.8) is 0 Å². The molecule has 2 aliphatic rings. The van der Waals surface area contributed by atoms with Gasteiger partial charge in [-0.2, -0.15) is 24.9 Å². The normalized spacial score (nSPS) is 20.8. The predicted octanol–water partition coefficient (Wildman–Crippen LogP) is 4.61. The highest BCUT2D eigenvalue weighted by molar-refractivity contribution is 14.0. The molecule has 0 aromatic carbocycles. The third-order valence-corrected chi connectivity index (χ3v) is 7.15. The Bertz CT molecular complexity index is 609. The molecule has 1 aromatic heterocycles. The smallest absolute Gasteiger partial charge is 0.350 e. The van der Waals surface area contributed by atoms with Crippen molar-refractivity contribution in [3.05, 3.63) is 16.1 Å². The van der Waals surface area contributed by atoms with Gasteiger partial charge in [0.05, 0.1) is 6.54 Å². The maximum atomic E-state index is 12.6. The Morgan fingerprint density at radius 1 is 1.35 bits per heavy atom. The highest BCUT2D eigenvalue weighted by atomic mass is 127. The van der Waals surface area contributed by atoms with Crippen molar-refractivity contribution in [2.24, 2.45) is 4.99 Å². The Labute approximate surface area is 177 Å². The van der Waals surface area contributed by atoms with Gasteiger partial charge in [0.25, 0.3) is 0 Å². The quantitative estimate of drug-likeness (QED) is 0.352. The topological polar surface area (TPSA) is 40.5 Å². The first-order valence-electron chi connectivity index (χ1n) is 8.53. The van der Waals surface area contributed by atoms with Crippen molar-refractivity contribution in [1.82, 2.24) is 15.2 Å². The molecule has 10 heteroatoms. The number of halogens is 4. The lowest BCUT2D eigenvalue weighted by Crippen LogP contribution is -2.53. The molecule has 3 rings (SSSR count). The van der Waals surface area contributed by atoms with Gasteiger partial charge < -0.3 is 10.2 Å². The van der Waals surface area contributed by atoms with E-state index >= 15 is 0 Å². The number of guanidine groups is 1. The Balaban J connectivity index is 0.00000243. The molecule has 1 saturated carbocycles. The average Bonchev–Trinajstić information content (AvgIpc) is 3.06. The summed E-state index contributed by atoms with van der Waals surface area (Å²) in [6.07, 6.45) is 1.99. The minimum Gasteiger partial charge on any atom is -0.350 e. The number of nitrogens with one attached hydrogen (secondary N) is 1. The molecule has 0 atom stereocenters. The Morgan fingerprint density at radius 2 is 2.08 bits per heavy atom. The summed E-state index contributed by atoms with van der Waals surface area (Å²) in [5.74, 6) is 1.82. The summed E-state index contributed by atoms with van der Waals surface area (Å²) in [6.45, 7) is 2.14. The molecule has 1 aromatic rings. The van der Waals surface area contributed by atoms with Gasteiger partial charge in [-0.3, -0.25) is 4.99 Å². The van der Waals surface area contributed by atoms with Gasteiger partial charge in [-0.1, -0.05) is 19.3 Å². The van der Waals surface area contributed by atoms with E-state index in [-0.39, 0.29) is 30.5 Å². The van der Waals surface area contributed by atoms with Crippen LogP contribution in [0.15, 0.2) is 10.4 Å². The van der Waals surface area contributed by atoms with Gasteiger partial charge in [0.1, 0.15) is 5.01 Å². The van der Waals surface area contributed by atoms with Crippen molar-refractivity contribution in [3.8, 4) is 0 Å². The van der Waals surface area contributed by atoms with Gasteiger partial charge in [0.15, 0.2) is 11.7 Å². The van der Waals surface area contributed by atoms with E-state index in [0.29, 0.717) is 9.75 Å². The number of thioether (sulfide) groups is 1. The van der Waals surface area contributed by atoms with E-state index in [1.165, 1.54) is 32.1 Å². The third kappa shape index (κ3) is 5.40. The average molecular weight is 520 g/mol. The largest absolute Gasteiger partial charge is 0.434 e. The fraction of sp³-hybridized carbons (Fsp3) is 0.750. The van der Waals surface area contributed by atoms with Crippen molar-refractivity contribution in [2.75, 3.05) is 25.9 Å². The van der Waals surface area contributed by atoms with Crippen LogP contribution in [0.1, 0.15) is 42.8 Å². The molecule has 1 aliphatic carbocycles. The molecular weight excluding hydrogens is 496 g/mol. The van der Waals surface area contributed by atoms with Crippen molar-refractivity contribution >= 4 is 53.0 Å². The van der Waals surface area contributed by atoms with Crippen LogP contribution in [-0.2, 0) is 12.7 Å². The van der Waals surface area contributed by atoms with E-state index in [2.05, 4.69) is 32.0 Å². The summed E-state index contributed by atoms with van der Waals surface area (Å²) >= 11 is 3.10. The Hall–Kier alpha value is -0.230. The van der Waals surface area contributed by atoms with E-state index in [0.717, 1.165) is 41.5 Å². The molecule has 2 fully saturated rings. The maximum Gasteiger partial charge on any atom is 0.434 e. The van der Waals surface area contributed by atoms with Crippen LogP contribution in [0, 0.1) is 0 Å². The number of aliphatic imine (C=N–C) groups is 1. The van der Waals surface area contributed by atoms with Crippen LogP contribution < -0.4 is 5.32 Å². The van der Waals surface area contributed by atoms with E-state index in [1.54, 1.807) is 7.05 Å². The number of aromatic nitrogens is 1. The minimum absolute atomic E-state index is 0. The lowest BCUT2D eigenvalue weighted by molar-refractivity contribution is -0.140. The van der Waals surface area contributed by atoms with Crippen LogP contribution in [0.5, 0.6) is 0 Å². The molecule has 1 N–H and O–H groups in total. The summed E-state index contributed by atoms with van der Waals surface area (Å²) in [4.78, 5) is 10.3. The number of thiazole rings is 1. The van der Waals surface area contributed by atoms with Gasteiger partial charge >= 0.3 is 6.18 Å². The van der Waals surface area contributed by atoms with Crippen LogP contribution in [0.25, 0.3) is 0 Å². The summed E-state index contributed by atoms with van der Waals surface area (Å²) in [5, 5.41) is 4.68. The SMILES string of the molecule is CN=C(NCc1nc(C(F)(F)F)cs1)N1CCSC2(CCCCC2)C1.I. The lowest BCUT2D eigenvalue weighted by atomic mass is 9.87. The summed E-state index contributed by atoms with van der Waals surface area (Å²) < 4.78 is 38.3. The second kappa shape index (κ2) is 9.31. The first-order valence-corrected chi connectivity index (χ1v) is 10.4. The number of rotatable bonds is 2. The molecule has 0 bridgehead atoms. The van der Waals surface area contributed by atoms with Gasteiger partial charge in [0, 0.05) is 36.0 Å². The van der Waals surface area contributed by atoms with Crippen LogP contribution in [-0.4, -0.2) is 46.5 Å². The van der Waals surface area contributed by atoms with E-state index in [4.69, 9.17) is 0 Å². The fourth-order valence-electron chi connectivity index (χ4n) is 3.53. The summed E-state index contributed by atoms with van der Waals surface area (Å²) in [7, 11) is 1.72. The minimum atomic E-state index is -4.38. The van der Waals surface area contributed by atoms with Crippen molar-refractivity contribution < 1.29 is 13.2 Å². The second-order valence-corrected chi connectivity index (χ2v) is 9.04. The third-order valence-electron chi connectivity index (χ3n) is 4.76. The number of alkyl halides is 3. The van der Waals surface area contributed by atoms with Crippen LogP contribution in [0.2, 0.25) is 0 Å². The maximum absolute atomic E-state index is 12.6. The molecule has 0 amide bonds. The monoisotopic (exact) mass is 520 g/mol. The molecular formula is C16H24F3IN4S2. The van der Waals surface area contributed by atoms with Gasteiger partial charge in [-0.05, 0) is 12.8 Å². The number of hydrogen-bond acceptors (Lipinski definition) is 4. The summed E-state index contributed by atoms with van der Waals surface area (Å²) in [5.41, 5.74) is -0.820. The predicted molar refractivity (Wildman–Crippen MR) is 113 cm³/mol. The molecule has 1 spiro atoms. The van der Waals surface area contributed by atoms with Crippen molar-refractivity contribution in [1.29, 1.82) is 0 Å². The molecule has 2 heterocycles. The molecule has 0 radical (unpaired) electrons. The molecule has 1 saturated heterocycles. The zero-order chi connectivity index (χ0) is 17.9. The zero-order valence-electron chi connectivity index (χ0n) is 14.6. The molecule has 148 valence electrons. The zero-order valence-corrected chi connectivity index (χ0v) is 18.6. The molecule has 4 nitrogen and oxygen atoms in total. The van der Waals surface area contributed by atoms with E-state index in [1.807, 2.05) is 0 Å². The van der Waals surface area contributed by atoms with Crippen LogP contribution in [0.3, 0.4) is 0 Å². The van der Waals surface area contributed by atoms with Gasteiger partial charge in [-0.25, -0.2) is 4.98 Å². The van der Waals surface area contributed by atoms with Crippen LogP contribution in [0.4, 0.5) is 13.2 Å². The highest BCUT2D eigenvalue weighted by Crippen LogP contribution is 2.42. The summed E-state index contributed by atoms with van der Waals surface area (Å²) in [6, 6.07) is 0. The Morgan fingerprint density at radius 3 is 2.69 bits per heavy atom. The molecule has 1 aliphatic heterocycles. The lowest BCUT2D eigenvalue weighted by Gasteiger charge is -2.45. The van der Waals surface area contributed by atoms with Crippen LogP contribution >= 0.6 is 47.1 Å². The molecule has 26 heavy (non-hydrogen) atoms. The van der Waals surface area contributed by atoms with E-state index < -0.39 is 11.9 Å². The van der Waals surface area contributed by atoms with E-state index in [9.17, 15) is 13.2 Å². The number of hydrogen-bond donors (Lipinski definition) is 1. The van der Waals surface area contributed by atoms with Gasteiger partial charge in [0.2, 0.25) is 0 Å². The standard InChI is InChI=1S/C16H23F3N4S2.HI/c1-20-14(21-9-13-22-12(10-24-13)16(17,18)19)23-7-8-25-15(11-23)5-3-2-4-6-15;/h10H,2-9,11H2,1H3,(H,20,21);1H. The first-order chi connectivity index (χ1) is 11.9.